The van der Waals surface area contributed by atoms with Crippen LogP contribution in [-0.4, -0.2) is 18.4 Å². The van der Waals surface area contributed by atoms with Gasteiger partial charge in [-0.1, -0.05) is 35.3 Å². The van der Waals surface area contributed by atoms with Crippen LogP contribution in [-0.2, 0) is 9.59 Å². The third-order valence-electron chi connectivity index (χ3n) is 4.49. The predicted octanol–water partition coefficient (Wildman–Crippen LogP) is 4.60. The molecule has 2 amide bonds. The van der Waals surface area contributed by atoms with Gasteiger partial charge in [-0.05, 0) is 49.2 Å². The molecule has 130 valence electrons. The van der Waals surface area contributed by atoms with Crippen LogP contribution in [0.1, 0.15) is 17.5 Å². The molecule has 0 spiro atoms. The first kappa shape index (κ1) is 17.8. The molecule has 1 heterocycles. The zero-order valence-electron chi connectivity index (χ0n) is 14.0. The van der Waals surface area contributed by atoms with E-state index in [-0.39, 0.29) is 18.2 Å². The Kier molecular flexibility index (Phi) is 5.02. The largest absolute Gasteiger partial charge is 0.325 e. The number of hydrogen-bond donors (Lipinski definition) is 1. The Morgan fingerprint density at radius 1 is 1.16 bits per heavy atom. The molecule has 1 saturated heterocycles. The van der Waals surface area contributed by atoms with Gasteiger partial charge >= 0.3 is 0 Å². The maximum Gasteiger partial charge on any atom is 0.229 e. The monoisotopic (exact) mass is 376 g/mol. The van der Waals surface area contributed by atoms with Gasteiger partial charge in [0.25, 0.3) is 0 Å². The topological polar surface area (TPSA) is 49.4 Å². The number of rotatable bonds is 3. The number of nitrogens with one attached hydrogen (secondary N) is 1. The molecule has 0 unspecified atom stereocenters. The molecule has 25 heavy (non-hydrogen) atoms. The summed E-state index contributed by atoms with van der Waals surface area (Å²) in [5, 5.41) is 4.08. The maximum absolute atomic E-state index is 12.6. The number of nitrogens with zero attached hydrogens (tertiary/aromatic N) is 1. The van der Waals surface area contributed by atoms with E-state index in [1.165, 1.54) is 0 Å². The van der Waals surface area contributed by atoms with Crippen LogP contribution in [0.15, 0.2) is 36.4 Å². The summed E-state index contributed by atoms with van der Waals surface area (Å²) in [5.41, 5.74) is 3.14. The Balaban J connectivity index is 1.74. The van der Waals surface area contributed by atoms with Crippen LogP contribution in [0.3, 0.4) is 0 Å². The fourth-order valence-corrected chi connectivity index (χ4v) is 3.21. The third kappa shape index (κ3) is 3.65. The molecule has 4 nitrogen and oxygen atoms in total. The molecule has 0 saturated carbocycles. The number of amides is 2. The maximum atomic E-state index is 12.6. The van der Waals surface area contributed by atoms with Crippen molar-refractivity contribution < 1.29 is 9.59 Å². The highest BCUT2D eigenvalue weighted by atomic mass is 35.5. The number of aryl methyl sites for hydroxylation is 1. The van der Waals surface area contributed by atoms with E-state index in [2.05, 4.69) is 5.32 Å². The van der Waals surface area contributed by atoms with E-state index >= 15 is 0 Å². The molecule has 0 aromatic heterocycles. The number of carbonyl (C=O) groups is 2. The molecular weight excluding hydrogens is 359 g/mol. The van der Waals surface area contributed by atoms with Gasteiger partial charge in [0.1, 0.15) is 0 Å². The zero-order chi connectivity index (χ0) is 18.1. The molecule has 0 aliphatic carbocycles. The number of hydrogen-bond acceptors (Lipinski definition) is 2. The van der Waals surface area contributed by atoms with Crippen LogP contribution in [0.25, 0.3) is 0 Å². The standard InChI is InChI=1S/C19H18Cl2N2O2/c1-11-6-7-14(9-16(11)21)23-10-13(8-18(23)24)19(25)22-17-5-3-4-15(20)12(17)2/h3-7,9,13H,8,10H2,1-2H3,(H,22,25)/t13-/m0/s1. The number of anilines is 2. The van der Waals surface area contributed by atoms with Gasteiger partial charge in [-0.25, -0.2) is 0 Å². The van der Waals surface area contributed by atoms with Crippen molar-refractivity contribution in [3.63, 3.8) is 0 Å². The molecule has 0 bridgehead atoms. The van der Waals surface area contributed by atoms with Crippen LogP contribution in [0.5, 0.6) is 0 Å². The minimum absolute atomic E-state index is 0.0807. The summed E-state index contributed by atoms with van der Waals surface area (Å²) in [4.78, 5) is 26.5. The van der Waals surface area contributed by atoms with Gasteiger partial charge in [0.05, 0.1) is 5.92 Å². The summed E-state index contributed by atoms with van der Waals surface area (Å²) in [5.74, 6) is -0.673. The minimum atomic E-state index is -0.411. The van der Waals surface area contributed by atoms with E-state index in [9.17, 15) is 9.59 Å². The Bertz CT molecular complexity index is 851. The van der Waals surface area contributed by atoms with Crippen molar-refractivity contribution in [1.29, 1.82) is 0 Å². The Morgan fingerprint density at radius 2 is 1.92 bits per heavy atom. The fraction of sp³-hybridized carbons (Fsp3) is 0.263. The molecule has 1 aliphatic heterocycles. The number of halogens is 2. The van der Waals surface area contributed by atoms with E-state index in [0.29, 0.717) is 22.3 Å². The SMILES string of the molecule is Cc1ccc(N2C[C@@H](C(=O)Nc3cccc(Cl)c3C)CC2=O)cc1Cl. The zero-order valence-corrected chi connectivity index (χ0v) is 15.5. The average molecular weight is 377 g/mol. The normalized spacial score (nSPS) is 17.0. The minimum Gasteiger partial charge on any atom is -0.325 e. The molecule has 1 N–H and O–H groups in total. The summed E-state index contributed by atoms with van der Waals surface area (Å²) in [6.45, 7) is 4.09. The summed E-state index contributed by atoms with van der Waals surface area (Å²) in [7, 11) is 0. The van der Waals surface area contributed by atoms with Crippen LogP contribution >= 0.6 is 23.2 Å². The quantitative estimate of drug-likeness (QED) is 0.850. The van der Waals surface area contributed by atoms with Crippen molar-refractivity contribution in [2.45, 2.75) is 20.3 Å². The molecule has 6 heteroatoms. The van der Waals surface area contributed by atoms with Crippen molar-refractivity contribution in [3.8, 4) is 0 Å². The fourth-order valence-electron chi connectivity index (χ4n) is 2.86. The Morgan fingerprint density at radius 3 is 2.64 bits per heavy atom. The van der Waals surface area contributed by atoms with E-state index in [0.717, 1.165) is 16.8 Å². The molecule has 1 fully saturated rings. The van der Waals surface area contributed by atoms with Crippen molar-refractivity contribution in [3.05, 3.63) is 57.6 Å². The van der Waals surface area contributed by atoms with Crippen LogP contribution in [0, 0.1) is 19.8 Å². The van der Waals surface area contributed by atoms with E-state index in [4.69, 9.17) is 23.2 Å². The van der Waals surface area contributed by atoms with Crippen LogP contribution in [0.4, 0.5) is 11.4 Å². The van der Waals surface area contributed by atoms with Gasteiger partial charge in [0, 0.05) is 34.4 Å². The highest BCUT2D eigenvalue weighted by Crippen LogP contribution is 2.30. The molecular formula is C19H18Cl2N2O2. The molecule has 1 atom stereocenters. The van der Waals surface area contributed by atoms with Crippen molar-refractivity contribution >= 4 is 46.4 Å². The van der Waals surface area contributed by atoms with Gasteiger partial charge in [-0.3, -0.25) is 9.59 Å². The lowest BCUT2D eigenvalue weighted by molar-refractivity contribution is -0.122. The van der Waals surface area contributed by atoms with Crippen molar-refractivity contribution in [1.82, 2.24) is 0 Å². The van der Waals surface area contributed by atoms with Gasteiger partial charge in [-0.2, -0.15) is 0 Å². The van der Waals surface area contributed by atoms with Gasteiger partial charge in [0.15, 0.2) is 0 Å². The summed E-state index contributed by atoms with van der Waals surface area (Å²) >= 11 is 12.2. The molecule has 2 aromatic carbocycles. The Labute approximate surface area is 156 Å². The molecule has 2 aromatic rings. The lowest BCUT2D eigenvalue weighted by atomic mass is 10.1. The van der Waals surface area contributed by atoms with E-state index in [1.54, 1.807) is 29.2 Å². The Hall–Kier alpha value is -2.04. The van der Waals surface area contributed by atoms with Crippen LogP contribution < -0.4 is 10.2 Å². The van der Waals surface area contributed by atoms with E-state index in [1.807, 2.05) is 26.0 Å². The lowest BCUT2D eigenvalue weighted by Gasteiger charge is -2.18. The van der Waals surface area contributed by atoms with Gasteiger partial charge in [0.2, 0.25) is 11.8 Å². The van der Waals surface area contributed by atoms with Gasteiger partial charge in [-0.15, -0.1) is 0 Å². The first-order valence-corrected chi connectivity index (χ1v) is 8.75. The lowest BCUT2D eigenvalue weighted by Crippen LogP contribution is -2.28. The van der Waals surface area contributed by atoms with Crippen LogP contribution in [0.2, 0.25) is 10.0 Å². The van der Waals surface area contributed by atoms with Crippen molar-refractivity contribution in [2.75, 3.05) is 16.8 Å². The second kappa shape index (κ2) is 7.06. The highest BCUT2D eigenvalue weighted by molar-refractivity contribution is 6.32. The predicted molar refractivity (Wildman–Crippen MR) is 101 cm³/mol. The number of carbonyl (C=O) groups excluding carboxylic acids is 2. The summed E-state index contributed by atoms with van der Waals surface area (Å²) < 4.78 is 0. The van der Waals surface area contributed by atoms with Gasteiger partial charge < -0.3 is 10.2 Å². The smallest absolute Gasteiger partial charge is 0.229 e. The molecule has 0 radical (unpaired) electrons. The average Bonchev–Trinajstić information content (AvgIpc) is 2.96. The summed E-state index contributed by atoms with van der Waals surface area (Å²) in [6.07, 6.45) is 0.178. The second-order valence-corrected chi connectivity index (χ2v) is 7.05. The van der Waals surface area contributed by atoms with E-state index < -0.39 is 5.92 Å². The summed E-state index contributed by atoms with van der Waals surface area (Å²) in [6, 6.07) is 10.8. The first-order chi connectivity index (χ1) is 11.9. The van der Waals surface area contributed by atoms with Crippen molar-refractivity contribution in [2.24, 2.45) is 5.92 Å². The third-order valence-corrected chi connectivity index (χ3v) is 5.31. The number of benzene rings is 2. The first-order valence-electron chi connectivity index (χ1n) is 7.99. The molecule has 3 rings (SSSR count). The highest BCUT2D eigenvalue weighted by Gasteiger charge is 2.35. The molecule has 1 aliphatic rings. The second-order valence-electron chi connectivity index (χ2n) is 6.24.